The van der Waals surface area contributed by atoms with Crippen LogP contribution >= 0.6 is 10.5 Å². The van der Waals surface area contributed by atoms with E-state index in [9.17, 15) is 8.78 Å². The van der Waals surface area contributed by atoms with Crippen LogP contribution in [0, 0.1) is 11.6 Å². The summed E-state index contributed by atoms with van der Waals surface area (Å²) in [4.78, 5) is 0.880. The molecule has 0 aliphatic heterocycles. The topological polar surface area (TPSA) is 0 Å². The lowest BCUT2D eigenvalue weighted by molar-refractivity contribution is 0.628. The quantitative estimate of drug-likeness (QED) is 0.539. The van der Waals surface area contributed by atoms with Crippen LogP contribution in [0.5, 0.6) is 0 Å². The van der Waals surface area contributed by atoms with Crippen LogP contribution in [0.15, 0.2) is 53.9 Å². The molecular weight excluding hydrogens is 238 g/mol. The van der Waals surface area contributed by atoms with E-state index in [1.165, 1.54) is 24.3 Å². The molecule has 84 valence electrons. The van der Waals surface area contributed by atoms with Crippen molar-refractivity contribution in [2.45, 2.75) is 0 Å². The van der Waals surface area contributed by atoms with Gasteiger partial charge in [-0.3, -0.25) is 0 Å². The van der Waals surface area contributed by atoms with Gasteiger partial charge in [0, 0.05) is 34.1 Å². The Morgan fingerprint density at radius 3 is 2.47 bits per heavy atom. The Morgan fingerprint density at radius 2 is 1.65 bits per heavy atom. The van der Waals surface area contributed by atoms with Gasteiger partial charge in [0.1, 0.15) is 17.0 Å². The molecule has 0 nitrogen and oxygen atoms in total. The van der Waals surface area contributed by atoms with Gasteiger partial charge in [-0.15, -0.1) is 0 Å². The molecule has 17 heavy (non-hydrogen) atoms. The molecule has 3 aromatic rings. The Labute approximate surface area is 100 Å². The van der Waals surface area contributed by atoms with Crippen LogP contribution in [0.25, 0.3) is 15.0 Å². The maximum atomic E-state index is 13.2. The zero-order valence-electron chi connectivity index (χ0n) is 8.86. The van der Waals surface area contributed by atoms with Crippen molar-refractivity contribution in [1.82, 2.24) is 0 Å². The molecule has 3 heteroatoms. The second-order valence-corrected chi connectivity index (χ2v) is 5.64. The van der Waals surface area contributed by atoms with Gasteiger partial charge in [-0.05, 0) is 24.3 Å². The van der Waals surface area contributed by atoms with Gasteiger partial charge in [-0.1, -0.05) is 6.07 Å². The molecule has 0 aliphatic rings. The standard InChI is InChI=1S/C14H9F2S/c15-11-2-1-3-13(8-11)17-7-6-10-4-5-12(16)9-14(10)17/h1-9H/q+1. The number of rotatable bonds is 1. The van der Waals surface area contributed by atoms with Crippen LogP contribution in [0.1, 0.15) is 0 Å². The van der Waals surface area contributed by atoms with Crippen LogP contribution in [0.4, 0.5) is 8.78 Å². The second-order valence-electron chi connectivity index (χ2n) is 3.78. The van der Waals surface area contributed by atoms with Gasteiger partial charge >= 0.3 is 0 Å². The predicted octanol–water partition coefficient (Wildman–Crippen LogP) is 4.86. The predicted molar refractivity (Wildman–Crippen MR) is 67.7 cm³/mol. The summed E-state index contributed by atoms with van der Waals surface area (Å²) in [5, 5.41) is 3.01. The number of benzene rings is 2. The Balaban J connectivity index is 2.27. The minimum atomic E-state index is -0.347. The van der Waals surface area contributed by atoms with Crippen LogP contribution in [0.3, 0.4) is 0 Å². The lowest BCUT2D eigenvalue weighted by Gasteiger charge is -1.92. The number of hydrogen-bond donors (Lipinski definition) is 0. The number of thiophene rings is 1. The van der Waals surface area contributed by atoms with Gasteiger partial charge < -0.3 is 0 Å². The van der Waals surface area contributed by atoms with Crippen molar-refractivity contribution in [2.75, 3.05) is 0 Å². The number of halogens is 2. The van der Waals surface area contributed by atoms with Gasteiger partial charge in [0.05, 0.1) is 0 Å². The fourth-order valence-electron chi connectivity index (χ4n) is 1.86. The summed E-state index contributed by atoms with van der Waals surface area (Å²) >= 11 is 0. The Hall–Kier alpha value is -1.74. The van der Waals surface area contributed by atoms with Gasteiger partial charge in [-0.25, -0.2) is 8.78 Å². The molecule has 0 fully saturated rings. The molecule has 0 aliphatic carbocycles. The highest BCUT2D eigenvalue weighted by atomic mass is 32.2. The van der Waals surface area contributed by atoms with Gasteiger partial charge in [0.15, 0.2) is 9.60 Å². The normalized spacial score (nSPS) is 12.0. The van der Waals surface area contributed by atoms with Gasteiger partial charge in [0.25, 0.3) is 0 Å². The summed E-state index contributed by atoms with van der Waals surface area (Å²) in [5.74, 6) is -0.505. The average Bonchev–Trinajstić information content (AvgIpc) is 2.71. The molecule has 0 saturated carbocycles. The highest BCUT2D eigenvalue weighted by molar-refractivity contribution is 7.43. The molecule has 0 amide bonds. The first-order chi connectivity index (χ1) is 8.24. The minimum Gasteiger partial charge on any atom is -0.207 e. The molecule has 3 rings (SSSR count). The van der Waals surface area contributed by atoms with E-state index in [4.69, 9.17) is 0 Å². The molecular formula is C14H9F2S+. The molecule has 1 atom stereocenters. The van der Waals surface area contributed by atoms with Crippen molar-refractivity contribution in [2.24, 2.45) is 0 Å². The van der Waals surface area contributed by atoms with Gasteiger partial charge in [0.2, 0.25) is 0 Å². The van der Waals surface area contributed by atoms with Crippen LogP contribution in [0.2, 0.25) is 0 Å². The summed E-state index contributed by atoms with van der Waals surface area (Å²) in [7, 11) is -0.347. The summed E-state index contributed by atoms with van der Waals surface area (Å²) < 4.78 is 27.3. The fourth-order valence-corrected chi connectivity index (χ4v) is 3.79. The Bertz CT molecular complexity index is 686. The third-order valence-corrected chi connectivity index (χ3v) is 4.64. The van der Waals surface area contributed by atoms with Crippen LogP contribution in [-0.4, -0.2) is 0 Å². The maximum Gasteiger partial charge on any atom is 0.189 e. The summed E-state index contributed by atoms with van der Waals surface area (Å²) in [6.45, 7) is 0. The molecule has 0 bridgehead atoms. The van der Waals surface area contributed by atoms with Crippen LogP contribution < -0.4 is 0 Å². The zero-order valence-corrected chi connectivity index (χ0v) is 9.68. The summed E-state index contributed by atoms with van der Waals surface area (Å²) in [6, 6.07) is 13.2. The molecule has 1 heterocycles. The largest absolute Gasteiger partial charge is 0.207 e. The van der Waals surface area contributed by atoms with E-state index in [-0.39, 0.29) is 22.1 Å². The zero-order chi connectivity index (χ0) is 11.8. The van der Waals surface area contributed by atoms with E-state index >= 15 is 0 Å². The van der Waals surface area contributed by atoms with E-state index in [1.54, 1.807) is 12.1 Å². The van der Waals surface area contributed by atoms with E-state index in [0.717, 1.165) is 15.0 Å². The first-order valence-corrected chi connectivity index (χ1v) is 6.49. The lowest BCUT2D eigenvalue weighted by atomic mass is 10.3. The van der Waals surface area contributed by atoms with Crippen molar-refractivity contribution >= 4 is 20.6 Å². The average molecular weight is 247 g/mol. The van der Waals surface area contributed by atoms with Crippen LogP contribution in [-0.2, 0) is 0 Å². The third-order valence-electron chi connectivity index (χ3n) is 2.65. The number of hydrogen-bond acceptors (Lipinski definition) is 0. The maximum absolute atomic E-state index is 13.2. The highest BCUT2D eigenvalue weighted by Gasteiger charge is 2.16. The van der Waals surface area contributed by atoms with Crippen molar-refractivity contribution in [1.29, 1.82) is 0 Å². The highest BCUT2D eigenvalue weighted by Crippen LogP contribution is 2.39. The third kappa shape index (κ3) is 1.83. The molecule has 0 radical (unpaired) electrons. The van der Waals surface area contributed by atoms with E-state index in [2.05, 4.69) is 0 Å². The van der Waals surface area contributed by atoms with E-state index < -0.39 is 0 Å². The minimum absolute atomic E-state index is 0.249. The Morgan fingerprint density at radius 1 is 0.824 bits per heavy atom. The molecule has 1 aromatic heterocycles. The SMILES string of the molecule is Fc1cccc(-[s+]2ccc3ccc(F)cc32)c1. The van der Waals surface area contributed by atoms with Crippen molar-refractivity contribution < 1.29 is 8.78 Å². The van der Waals surface area contributed by atoms with Gasteiger partial charge in [-0.2, -0.15) is 0 Å². The molecule has 2 aromatic carbocycles. The lowest BCUT2D eigenvalue weighted by Crippen LogP contribution is -1.75. The Kier molecular flexibility index (Phi) is 2.41. The van der Waals surface area contributed by atoms with Crippen molar-refractivity contribution in [3.05, 3.63) is 65.5 Å². The van der Waals surface area contributed by atoms with E-state index in [0.29, 0.717) is 0 Å². The second kappa shape index (κ2) is 3.93. The molecule has 0 saturated heterocycles. The molecule has 0 N–H and O–H groups in total. The summed E-state index contributed by atoms with van der Waals surface area (Å²) in [5.41, 5.74) is 0. The fraction of sp³-hybridized carbons (Fsp3) is 0. The number of fused-ring (bicyclic) bond motifs is 1. The first kappa shape index (κ1) is 10.4. The summed E-state index contributed by atoms with van der Waals surface area (Å²) in [6.07, 6.45) is 0. The smallest absolute Gasteiger partial charge is 0.189 e. The van der Waals surface area contributed by atoms with E-state index in [1.807, 2.05) is 17.5 Å². The monoisotopic (exact) mass is 247 g/mol. The van der Waals surface area contributed by atoms with Crippen molar-refractivity contribution in [3.63, 3.8) is 0 Å². The molecule has 1 unspecified atom stereocenters. The van der Waals surface area contributed by atoms with Crippen molar-refractivity contribution in [3.8, 4) is 4.90 Å². The first-order valence-electron chi connectivity index (χ1n) is 5.20. The molecule has 0 spiro atoms.